The summed E-state index contributed by atoms with van der Waals surface area (Å²) >= 11 is 0. The number of benzene rings is 1. The number of hydrogen-bond acceptors (Lipinski definition) is 5. The number of fused-ring (bicyclic) bond motifs is 2. The summed E-state index contributed by atoms with van der Waals surface area (Å²) in [6.07, 6.45) is 6.83. The standard InChI is InChI=1S/C23H30O5/c1-12(2)8-15-18-9-14(13(3)4)6-7-23(18,5)28-22-17(11-25)20(26)16(10-24)21(27)19(15)22/h6-7,10-15,18,26-27H,8-9H2,1-5H3/t14-,15-,18-,23+/m1/s1. The van der Waals surface area contributed by atoms with E-state index in [1.165, 1.54) is 0 Å². The molecule has 0 saturated heterocycles. The van der Waals surface area contributed by atoms with Crippen LogP contribution in [0.5, 0.6) is 17.2 Å². The summed E-state index contributed by atoms with van der Waals surface area (Å²) in [5.74, 6) is 0.638. The molecule has 0 saturated carbocycles. The molecule has 0 aromatic heterocycles. The van der Waals surface area contributed by atoms with Gasteiger partial charge in [-0.1, -0.05) is 33.8 Å². The zero-order valence-corrected chi connectivity index (χ0v) is 17.2. The molecule has 4 atom stereocenters. The monoisotopic (exact) mass is 386 g/mol. The Bertz CT molecular complexity index is 823. The maximum Gasteiger partial charge on any atom is 0.157 e. The average molecular weight is 386 g/mol. The van der Waals surface area contributed by atoms with Crippen molar-refractivity contribution in [1.29, 1.82) is 0 Å². The van der Waals surface area contributed by atoms with E-state index in [-0.39, 0.29) is 34.5 Å². The van der Waals surface area contributed by atoms with Gasteiger partial charge in [-0.2, -0.15) is 0 Å². The smallest absolute Gasteiger partial charge is 0.157 e. The van der Waals surface area contributed by atoms with Gasteiger partial charge in [0.1, 0.15) is 22.8 Å². The third-order valence-electron chi connectivity index (χ3n) is 6.44. The van der Waals surface area contributed by atoms with Gasteiger partial charge in [-0.25, -0.2) is 0 Å². The fourth-order valence-corrected chi connectivity index (χ4v) is 4.86. The van der Waals surface area contributed by atoms with Gasteiger partial charge in [-0.3, -0.25) is 9.59 Å². The number of hydrogen-bond donors (Lipinski definition) is 2. The SMILES string of the molecule is CC(C)C[C@H]1c2c(O)c(C=O)c(O)c(C=O)c2O[C@@]2(C)C=C[C@@H](C(C)C)C[C@H]12. The second-order valence-corrected chi connectivity index (χ2v) is 9.13. The van der Waals surface area contributed by atoms with Crippen LogP contribution in [0.2, 0.25) is 0 Å². The van der Waals surface area contributed by atoms with E-state index in [0.29, 0.717) is 35.9 Å². The van der Waals surface area contributed by atoms with Crippen molar-refractivity contribution >= 4 is 12.6 Å². The molecule has 5 nitrogen and oxygen atoms in total. The van der Waals surface area contributed by atoms with Gasteiger partial charge in [0.15, 0.2) is 12.6 Å². The normalized spacial score (nSPS) is 28.6. The molecule has 152 valence electrons. The van der Waals surface area contributed by atoms with Gasteiger partial charge >= 0.3 is 0 Å². The van der Waals surface area contributed by atoms with Crippen LogP contribution in [0.25, 0.3) is 0 Å². The minimum Gasteiger partial charge on any atom is -0.507 e. The predicted octanol–water partition coefficient (Wildman–Crippen LogP) is 4.85. The van der Waals surface area contributed by atoms with Gasteiger partial charge in [-0.05, 0) is 49.5 Å². The van der Waals surface area contributed by atoms with Crippen molar-refractivity contribution in [3.63, 3.8) is 0 Å². The zero-order chi connectivity index (χ0) is 20.8. The Balaban J connectivity index is 2.28. The van der Waals surface area contributed by atoms with Crippen molar-refractivity contribution in [2.45, 2.75) is 59.0 Å². The second kappa shape index (κ2) is 7.26. The van der Waals surface area contributed by atoms with Crippen LogP contribution >= 0.6 is 0 Å². The lowest BCUT2D eigenvalue weighted by atomic mass is 9.63. The van der Waals surface area contributed by atoms with Crippen LogP contribution in [-0.2, 0) is 0 Å². The van der Waals surface area contributed by atoms with Crippen LogP contribution in [0.4, 0.5) is 0 Å². The van der Waals surface area contributed by atoms with Crippen molar-refractivity contribution in [2.75, 3.05) is 0 Å². The van der Waals surface area contributed by atoms with E-state index in [4.69, 9.17) is 4.74 Å². The minimum absolute atomic E-state index is 0.0669. The summed E-state index contributed by atoms with van der Waals surface area (Å²) in [5, 5.41) is 21.2. The highest BCUT2D eigenvalue weighted by Crippen LogP contribution is 2.58. The van der Waals surface area contributed by atoms with Gasteiger partial charge in [0, 0.05) is 11.5 Å². The highest BCUT2D eigenvalue weighted by molar-refractivity contribution is 5.95. The molecule has 0 unspecified atom stereocenters. The Hall–Kier alpha value is -2.30. The van der Waals surface area contributed by atoms with Crippen molar-refractivity contribution < 1.29 is 24.5 Å². The first-order valence-electron chi connectivity index (χ1n) is 10.0. The van der Waals surface area contributed by atoms with E-state index < -0.39 is 11.4 Å². The Morgan fingerprint density at radius 2 is 1.79 bits per heavy atom. The maximum atomic E-state index is 11.8. The second-order valence-electron chi connectivity index (χ2n) is 9.13. The van der Waals surface area contributed by atoms with Crippen LogP contribution in [0.3, 0.4) is 0 Å². The first-order chi connectivity index (χ1) is 13.1. The van der Waals surface area contributed by atoms with E-state index in [0.717, 1.165) is 12.8 Å². The summed E-state index contributed by atoms with van der Waals surface area (Å²) in [4.78, 5) is 23.3. The Morgan fingerprint density at radius 3 is 2.32 bits per heavy atom. The van der Waals surface area contributed by atoms with Gasteiger partial charge in [0.2, 0.25) is 0 Å². The lowest BCUT2D eigenvalue weighted by Gasteiger charge is -2.50. The molecule has 5 heteroatoms. The molecule has 1 aromatic carbocycles. The van der Waals surface area contributed by atoms with Crippen LogP contribution in [0.1, 0.15) is 79.7 Å². The predicted molar refractivity (Wildman–Crippen MR) is 107 cm³/mol. The minimum atomic E-state index is -0.642. The van der Waals surface area contributed by atoms with Gasteiger partial charge < -0.3 is 14.9 Å². The largest absolute Gasteiger partial charge is 0.507 e. The van der Waals surface area contributed by atoms with Crippen molar-refractivity contribution in [1.82, 2.24) is 0 Å². The number of carbonyl (C=O) groups is 2. The van der Waals surface area contributed by atoms with Crippen molar-refractivity contribution in [3.8, 4) is 17.2 Å². The Morgan fingerprint density at radius 1 is 1.14 bits per heavy atom. The fraction of sp³-hybridized carbons (Fsp3) is 0.565. The molecule has 1 heterocycles. The number of phenolic OH excluding ortho intramolecular Hbond substituents is 2. The molecule has 0 bridgehead atoms. The molecule has 2 aliphatic rings. The van der Waals surface area contributed by atoms with Crippen LogP contribution in [0, 0.1) is 23.7 Å². The first-order valence-corrected chi connectivity index (χ1v) is 10.0. The highest BCUT2D eigenvalue weighted by Gasteiger charge is 2.50. The zero-order valence-electron chi connectivity index (χ0n) is 17.2. The molecular weight excluding hydrogens is 356 g/mol. The number of aldehydes is 2. The van der Waals surface area contributed by atoms with Gasteiger partial charge in [-0.15, -0.1) is 0 Å². The Labute approximate surface area is 166 Å². The molecule has 0 spiro atoms. The van der Waals surface area contributed by atoms with E-state index in [9.17, 15) is 19.8 Å². The molecule has 2 N–H and O–H groups in total. The first kappa shape index (κ1) is 20.4. The molecule has 1 aromatic rings. The average Bonchev–Trinajstić information content (AvgIpc) is 2.60. The third kappa shape index (κ3) is 3.11. The number of phenols is 2. The van der Waals surface area contributed by atoms with E-state index in [1.807, 2.05) is 6.92 Å². The number of ether oxygens (including phenoxy) is 1. The molecule has 0 amide bonds. The molecule has 28 heavy (non-hydrogen) atoms. The lowest BCUT2D eigenvalue weighted by Crippen LogP contribution is -2.49. The van der Waals surface area contributed by atoms with Crippen molar-refractivity contribution in [2.24, 2.45) is 23.7 Å². The summed E-state index contributed by atoms with van der Waals surface area (Å²) in [6.45, 7) is 10.6. The summed E-state index contributed by atoms with van der Waals surface area (Å²) in [7, 11) is 0. The lowest BCUT2D eigenvalue weighted by molar-refractivity contribution is 0.00795. The van der Waals surface area contributed by atoms with Crippen molar-refractivity contribution in [3.05, 3.63) is 28.8 Å². The molecular formula is C23H30O5. The number of carbonyl (C=O) groups excluding carboxylic acids is 2. The fourth-order valence-electron chi connectivity index (χ4n) is 4.86. The summed E-state index contributed by atoms with van der Waals surface area (Å²) in [6, 6.07) is 0. The molecule has 3 rings (SSSR count). The van der Waals surface area contributed by atoms with Crippen LogP contribution in [-0.4, -0.2) is 28.4 Å². The third-order valence-corrected chi connectivity index (χ3v) is 6.44. The molecule has 1 aliphatic carbocycles. The van der Waals surface area contributed by atoms with Crippen LogP contribution < -0.4 is 4.74 Å². The molecule has 1 aliphatic heterocycles. The van der Waals surface area contributed by atoms with E-state index >= 15 is 0 Å². The molecule has 0 radical (unpaired) electrons. The topological polar surface area (TPSA) is 83.8 Å². The van der Waals surface area contributed by atoms with E-state index in [1.54, 1.807) is 0 Å². The number of rotatable bonds is 5. The Kier molecular flexibility index (Phi) is 5.30. The number of allylic oxidation sites excluding steroid dienone is 1. The summed E-state index contributed by atoms with van der Waals surface area (Å²) in [5.41, 5.74) is -0.468. The van der Waals surface area contributed by atoms with Gasteiger partial charge in [0.25, 0.3) is 0 Å². The highest BCUT2D eigenvalue weighted by atomic mass is 16.5. The maximum absolute atomic E-state index is 11.8. The quantitative estimate of drug-likeness (QED) is 0.558. The van der Waals surface area contributed by atoms with Gasteiger partial charge in [0.05, 0.1) is 11.1 Å². The molecule has 0 fully saturated rings. The van der Waals surface area contributed by atoms with E-state index in [2.05, 4.69) is 39.8 Å². The summed E-state index contributed by atoms with van der Waals surface area (Å²) < 4.78 is 6.29. The number of aromatic hydroxyl groups is 2. The van der Waals surface area contributed by atoms with Crippen LogP contribution in [0.15, 0.2) is 12.2 Å².